The monoisotopic (exact) mass is 424 g/mol. The van der Waals surface area contributed by atoms with Crippen LogP contribution in [0.2, 0.25) is 0 Å². The number of carbonyl (C=O) groups is 1. The Hall–Kier alpha value is -2.48. The molecule has 2 aliphatic heterocycles. The number of hydrogen-bond acceptors (Lipinski definition) is 6. The molecule has 1 aromatic heterocycles. The molecular weight excluding hydrogens is 392 g/mol. The summed E-state index contributed by atoms with van der Waals surface area (Å²) in [6.07, 6.45) is 3.97. The number of nitrogens with zero attached hydrogens (tertiary/aromatic N) is 3. The lowest BCUT2D eigenvalue weighted by atomic mass is 10.00. The highest BCUT2D eigenvalue weighted by atomic mass is 16.5. The number of aromatic nitrogens is 1. The Morgan fingerprint density at radius 3 is 2.87 bits per heavy atom. The number of amides is 1. The van der Waals surface area contributed by atoms with E-state index in [0.717, 1.165) is 51.4 Å². The molecule has 2 N–H and O–H groups in total. The van der Waals surface area contributed by atoms with Crippen molar-refractivity contribution in [1.29, 1.82) is 0 Å². The minimum atomic E-state index is -0.611. The van der Waals surface area contributed by atoms with E-state index in [1.54, 1.807) is 12.3 Å². The fraction of sp³-hybridized carbons (Fsp3) is 0.500. The molecule has 4 rings (SSSR count). The molecule has 31 heavy (non-hydrogen) atoms. The molecule has 1 amide bonds. The third-order valence-electron chi connectivity index (χ3n) is 6.28. The zero-order valence-corrected chi connectivity index (χ0v) is 18.2. The van der Waals surface area contributed by atoms with Crippen LogP contribution >= 0.6 is 0 Å². The van der Waals surface area contributed by atoms with Crippen LogP contribution in [-0.2, 0) is 17.7 Å². The van der Waals surface area contributed by atoms with Crippen LogP contribution in [0.3, 0.4) is 0 Å². The third-order valence-corrected chi connectivity index (χ3v) is 6.28. The van der Waals surface area contributed by atoms with Crippen molar-refractivity contribution >= 4 is 11.7 Å². The molecule has 0 bridgehead atoms. The first-order chi connectivity index (χ1) is 15.1. The van der Waals surface area contributed by atoms with Gasteiger partial charge in [0.15, 0.2) is 0 Å². The van der Waals surface area contributed by atoms with Crippen LogP contribution in [0.1, 0.15) is 34.3 Å². The molecule has 0 saturated carbocycles. The molecule has 0 unspecified atom stereocenters. The third kappa shape index (κ3) is 5.61. The molecule has 1 atom stereocenters. The quantitative estimate of drug-likeness (QED) is 0.706. The predicted molar refractivity (Wildman–Crippen MR) is 120 cm³/mol. The van der Waals surface area contributed by atoms with Crippen molar-refractivity contribution in [2.75, 3.05) is 44.8 Å². The van der Waals surface area contributed by atoms with Gasteiger partial charge in [0.05, 0.1) is 6.10 Å². The molecule has 1 aromatic carbocycles. The molecule has 1 fully saturated rings. The molecule has 2 aromatic rings. The molecule has 0 aliphatic carbocycles. The summed E-state index contributed by atoms with van der Waals surface area (Å²) in [5.74, 6) is 0.596. The summed E-state index contributed by atoms with van der Waals surface area (Å²) < 4.78 is 5.44. The largest absolute Gasteiger partial charge is 0.390 e. The highest BCUT2D eigenvalue weighted by Gasteiger charge is 2.21. The second-order valence-corrected chi connectivity index (χ2v) is 8.47. The normalized spacial score (nSPS) is 18.3. The number of rotatable bonds is 7. The first-order valence-corrected chi connectivity index (χ1v) is 11.1. The van der Waals surface area contributed by atoms with Crippen molar-refractivity contribution in [2.45, 2.75) is 38.0 Å². The molecular formula is C24H32N4O3. The smallest absolute Gasteiger partial charge is 0.251 e. The molecule has 7 heteroatoms. The Kier molecular flexibility index (Phi) is 7.17. The number of pyridine rings is 1. The van der Waals surface area contributed by atoms with Crippen molar-refractivity contribution in [2.24, 2.45) is 0 Å². The van der Waals surface area contributed by atoms with Crippen LogP contribution in [0.4, 0.5) is 5.82 Å². The minimum Gasteiger partial charge on any atom is -0.390 e. The topological polar surface area (TPSA) is 77.9 Å². The molecule has 0 radical (unpaired) electrons. The van der Waals surface area contributed by atoms with Crippen molar-refractivity contribution in [3.05, 3.63) is 59.3 Å². The number of anilines is 1. The van der Waals surface area contributed by atoms with E-state index in [9.17, 15) is 9.90 Å². The van der Waals surface area contributed by atoms with Gasteiger partial charge in [0.25, 0.3) is 5.91 Å². The summed E-state index contributed by atoms with van der Waals surface area (Å²) >= 11 is 0. The summed E-state index contributed by atoms with van der Waals surface area (Å²) in [6.45, 7) is 4.06. The number of fused-ring (bicyclic) bond motifs is 1. The number of aliphatic hydroxyl groups excluding tert-OH is 1. The highest BCUT2D eigenvalue weighted by Crippen LogP contribution is 2.20. The number of nitrogens with one attached hydrogen (secondary N) is 1. The Labute approximate surface area is 184 Å². The zero-order valence-electron chi connectivity index (χ0n) is 18.2. The average Bonchev–Trinajstić information content (AvgIpc) is 2.82. The van der Waals surface area contributed by atoms with Crippen LogP contribution in [0.5, 0.6) is 0 Å². The summed E-state index contributed by atoms with van der Waals surface area (Å²) in [5, 5.41) is 13.3. The van der Waals surface area contributed by atoms with Gasteiger partial charge in [0, 0.05) is 64.2 Å². The molecule has 3 heterocycles. The van der Waals surface area contributed by atoms with Gasteiger partial charge in [-0.1, -0.05) is 24.3 Å². The van der Waals surface area contributed by atoms with Gasteiger partial charge in [-0.25, -0.2) is 4.98 Å². The SMILES string of the molecule is CN(c1cc(C(=O)NC[C@H](O)CN2CCc3ccccc3C2)ccn1)C1CCOCC1. The van der Waals surface area contributed by atoms with Gasteiger partial charge < -0.3 is 20.1 Å². The van der Waals surface area contributed by atoms with E-state index in [4.69, 9.17) is 4.74 Å². The van der Waals surface area contributed by atoms with Gasteiger partial charge in [-0.2, -0.15) is 0 Å². The Balaban J connectivity index is 1.27. The van der Waals surface area contributed by atoms with Crippen molar-refractivity contribution in [3.63, 3.8) is 0 Å². The van der Waals surface area contributed by atoms with Gasteiger partial charge in [-0.15, -0.1) is 0 Å². The summed E-state index contributed by atoms with van der Waals surface area (Å²) in [5.41, 5.74) is 3.27. The first kappa shape index (κ1) is 21.7. The Bertz CT molecular complexity index is 885. The van der Waals surface area contributed by atoms with Crippen LogP contribution in [0, 0.1) is 0 Å². The van der Waals surface area contributed by atoms with Crippen LogP contribution in [0.15, 0.2) is 42.6 Å². The average molecular weight is 425 g/mol. The van der Waals surface area contributed by atoms with Crippen LogP contribution < -0.4 is 10.2 Å². The second kappa shape index (κ2) is 10.2. The maximum atomic E-state index is 12.7. The first-order valence-electron chi connectivity index (χ1n) is 11.1. The van der Waals surface area contributed by atoms with Gasteiger partial charge in [-0.3, -0.25) is 9.69 Å². The number of carbonyl (C=O) groups excluding carboxylic acids is 1. The number of aliphatic hydroxyl groups is 1. The summed E-state index contributed by atoms with van der Waals surface area (Å²) in [7, 11) is 2.01. The predicted octanol–water partition coefficient (Wildman–Crippen LogP) is 1.85. The Morgan fingerprint density at radius 2 is 2.06 bits per heavy atom. The van der Waals surface area contributed by atoms with E-state index in [1.165, 1.54) is 11.1 Å². The maximum absolute atomic E-state index is 12.7. The van der Waals surface area contributed by atoms with Gasteiger partial charge in [0.2, 0.25) is 0 Å². The van der Waals surface area contributed by atoms with Crippen LogP contribution in [-0.4, -0.2) is 72.9 Å². The van der Waals surface area contributed by atoms with E-state index in [0.29, 0.717) is 18.2 Å². The van der Waals surface area contributed by atoms with E-state index < -0.39 is 6.10 Å². The molecule has 166 valence electrons. The Morgan fingerprint density at radius 1 is 1.29 bits per heavy atom. The van der Waals surface area contributed by atoms with E-state index in [-0.39, 0.29) is 12.5 Å². The lowest BCUT2D eigenvalue weighted by Gasteiger charge is -2.32. The molecule has 7 nitrogen and oxygen atoms in total. The minimum absolute atomic E-state index is 0.188. The van der Waals surface area contributed by atoms with Gasteiger partial charge >= 0.3 is 0 Å². The van der Waals surface area contributed by atoms with E-state index in [2.05, 4.69) is 44.4 Å². The molecule has 0 spiro atoms. The molecule has 1 saturated heterocycles. The zero-order chi connectivity index (χ0) is 21.6. The van der Waals surface area contributed by atoms with E-state index >= 15 is 0 Å². The number of benzene rings is 1. The number of β-amino-alcohol motifs (C(OH)–C–C–N with tert-alkyl or cyclic N) is 1. The highest BCUT2D eigenvalue weighted by molar-refractivity contribution is 5.94. The van der Waals surface area contributed by atoms with E-state index in [1.807, 2.05) is 13.1 Å². The fourth-order valence-electron chi connectivity index (χ4n) is 4.40. The van der Waals surface area contributed by atoms with Crippen molar-refractivity contribution in [1.82, 2.24) is 15.2 Å². The van der Waals surface area contributed by atoms with Gasteiger partial charge in [0.1, 0.15) is 5.82 Å². The maximum Gasteiger partial charge on any atom is 0.251 e. The van der Waals surface area contributed by atoms with Crippen LogP contribution in [0.25, 0.3) is 0 Å². The second-order valence-electron chi connectivity index (χ2n) is 8.47. The summed E-state index contributed by atoms with van der Waals surface area (Å²) in [6, 6.07) is 12.4. The molecule has 2 aliphatic rings. The number of ether oxygens (including phenoxy) is 1. The lowest BCUT2D eigenvalue weighted by Crippen LogP contribution is -2.42. The lowest BCUT2D eigenvalue weighted by molar-refractivity contribution is 0.0840. The van der Waals surface area contributed by atoms with Gasteiger partial charge in [-0.05, 0) is 42.5 Å². The van der Waals surface area contributed by atoms with Crippen molar-refractivity contribution in [3.8, 4) is 0 Å². The number of hydrogen-bond donors (Lipinski definition) is 2. The fourth-order valence-corrected chi connectivity index (χ4v) is 4.40. The van der Waals surface area contributed by atoms with Crippen molar-refractivity contribution < 1.29 is 14.6 Å². The standard InChI is InChI=1S/C24H32N4O3/c1-27(21-8-12-31-13-9-21)23-14-19(6-10-25-23)24(30)26-15-22(29)17-28-11-7-18-4-2-3-5-20(18)16-28/h2-6,10,14,21-22,29H,7-9,11-13,15-17H2,1H3,(H,26,30)/t22-/m0/s1. The summed E-state index contributed by atoms with van der Waals surface area (Å²) in [4.78, 5) is 21.5.